The van der Waals surface area contributed by atoms with Gasteiger partial charge >= 0.3 is 7.12 Å². The Bertz CT molecular complexity index is 602. The van der Waals surface area contributed by atoms with Gasteiger partial charge in [0.05, 0.1) is 0 Å². The fourth-order valence-corrected chi connectivity index (χ4v) is 1.82. The van der Waals surface area contributed by atoms with Gasteiger partial charge in [-0.1, -0.05) is 12.1 Å². The van der Waals surface area contributed by atoms with Gasteiger partial charge in [-0.25, -0.2) is 4.98 Å². The summed E-state index contributed by atoms with van der Waals surface area (Å²) in [6.45, 7) is 0.580. The van der Waals surface area contributed by atoms with E-state index in [0.29, 0.717) is 23.7 Å². The van der Waals surface area contributed by atoms with Crippen molar-refractivity contribution in [3.05, 3.63) is 42.1 Å². The highest BCUT2D eigenvalue weighted by atomic mass is 16.7. The first kappa shape index (κ1) is 12.8. The summed E-state index contributed by atoms with van der Waals surface area (Å²) in [7, 11) is -1.52. The maximum absolute atomic E-state index is 8.96. The van der Waals surface area contributed by atoms with Crippen LogP contribution < -0.4 is 19.7 Å². The average molecular weight is 273 g/mol. The van der Waals surface area contributed by atoms with Crippen LogP contribution in [0.2, 0.25) is 0 Å². The fraction of sp³-hybridized carbons (Fsp3) is 0.154. The second-order valence-electron chi connectivity index (χ2n) is 4.28. The highest BCUT2D eigenvalue weighted by molar-refractivity contribution is 6.58. The minimum Gasteiger partial charge on any atom is -0.473 e. The molecule has 0 amide bonds. The van der Waals surface area contributed by atoms with E-state index < -0.39 is 7.12 Å². The van der Waals surface area contributed by atoms with Crippen LogP contribution >= 0.6 is 0 Å². The molecule has 7 heteroatoms. The number of hydrogen-bond donors (Lipinski definition) is 2. The van der Waals surface area contributed by atoms with Crippen molar-refractivity contribution in [1.82, 2.24) is 4.98 Å². The molecule has 20 heavy (non-hydrogen) atoms. The normalized spacial score (nSPS) is 12.3. The van der Waals surface area contributed by atoms with Crippen LogP contribution in [0.4, 0.5) is 0 Å². The molecule has 0 aliphatic carbocycles. The fourth-order valence-electron chi connectivity index (χ4n) is 1.82. The van der Waals surface area contributed by atoms with Gasteiger partial charge < -0.3 is 24.3 Å². The first-order valence-corrected chi connectivity index (χ1v) is 6.06. The van der Waals surface area contributed by atoms with Gasteiger partial charge in [0.15, 0.2) is 11.5 Å². The van der Waals surface area contributed by atoms with Crippen LogP contribution in [0.3, 0.4) is 0 Å². The molecule has 1 aromatic heterocycles. The van der Waals surface area contributed by atoms with E-state index in [4.69, 9.17) is 24.3 Å². The van der Waals surface area contributed by atoms with Crippen LogP contribution in [0.25, 0.3) is 0 Å². The largest absolute Gasteiger partial charge is 0.490 e. The molecule has 2 heterocycles. The lowest BCUT2D eigenvalue weighted by atomic mass is 9.82. The molecule has 0 saturated carbocycles. The summed E-state index contributed by atoms with van der Waals surface area (Å²) < 4.78 is 16.0. The van der Waals surface area contributed by atoms with Gasteiger partial charge in [0.2, 0.25) is 12.7 Å². The Morgan fingerprint density at radius 1 is 1.15 bits per heavy atom. The number of fused-ring (bicyclic) bond motifs is 1. The number of rotatable bonds is 4. The van der Waals surface area contributed by atoms with Crippen molar-refractivity contribution in [2.24, 2.45) is 0 Å². The molecule has 3 rings (SSSR count). The topological polar surface area (TPSA) is 81.0 Å². The quantitative estimate of drug-likeness (QED) is 0.767. The van der Waals surface area contributed by atoms with Crippen molar-refractivity contribution in [3.8, 4) is 17.4 Å². The lowest BCUT2D eigenvalue weighted by molar-refractivity contribution is 0.174. The number of benzene rings is 1. The van der Waals surface area contributed by atoms with Crippen molar-refractivity contribution in [1.29, 1.82) is 0 Å². The summed E-state index contributed by atoms with van der Waals surface area (Å²) in [4.78, 5) is 3.99. The minimum atomic E-state index is -1.52. The van der Waals surface area contributed by atoms with Crippen LogP contribution in [-0.4, -0.2) is 28.9 Å². The Morgan fingerprint density at radius 2 is 2.00 bits per heavy atom. The zero-order chi connectivity index (χ0) is 13.9. The predicted molar refractivity (Wildman–Crippen MR) is 71.0 cm³/mol. The lowest BCUT2D eigenvalue weighted by Crippen LogP contribution is -2.29. The summed E-state index contributed by atoms with van der Waals surface area (Å²) in [5.41, 5.74) is 1.25. The third-order valence-electron chi connectivity index (χ3n) is 2.88. The Kier molecular flexibility index (Phi) is 3.45. The van der Waals surface area contributed by atoms with E-state index in [9.17, 15) is 0 Å². The number of nitrogens with zero attached hydrogens (tertiary/aromatic N) is 1. The van der Waals surface area contributed by atoms with Crippen molar-refractivity contribution in [3.63, 3.8) is 0 Å². The van der Waals surface area contributed by atoms with Gasteiger partial charge in [0, 0.05) is 11.7 Å². The van der Waals surface area contributed by atoms with Gasteiger partial charge in [0.1, 0.15) is 6.61 Å². The summed E-state index contributed by atoms with van der Waals surface area (Å²) >= 11 is 0. The molecule has 2 aromatic rings. The maximum Gasteiger partial charge on any atom is 0.490 e. The first-order chi connectivity index (χ1) is 9.72. The number of ether oxygens (including phenoxy) is 3. The van der Waals surface area contributed by atoms with E-state index in [1.807, 2.05) is 18.2 Å². The van der Waals surface area contributed by atoms with Crippen LogP contribution in [0, 0.1) is 0 Å². The zero-order valence-corrected chi connectivity index (χ0v) is 10.5. The Hall–Kier alpha value is -2.25. The molecule has 0 radical (unpaired) electrons. The average Bonchev–Trinajstić information content (AvgIpc) is 2.93. The third kappa shape index (κ3) is 2.68. The third-order valence-corrected chi connectivity index (χ3v) is 2.88. The van der Waals surface area contributed by atoms with Gasteiger partial charge in [0.25, 0.3) is 0 Å². The Labute approximate surface area is 115 Å². The molecule has 1 aliphatic heterocycles. The van der Waals surface area contributed by atoms with Crippen LogP contribution in [-0.2, 0) is 6.61 Å². The van der Waals surface area contributed by atoms with Gasteiger partial charge in [-0.3, -0.25) is 0 Å². The molecule has 0 bridgehead atoms. The van der Waals surface area contributed by atoms with Crippen LogP contribution in [0.5, 0.6) is 17.4 Å². The van der Waals surface area contributed by atoms with E-state index in [1.54, 1.807) is 12.1 Å². The summed E-state index contributed by atoms with van der Waals surface area (Å²) in [6.07, 6.45) is 1.36. The molecule has 1 aliphatic rings. The van der Waals surface area contributed by atoms with Crippen molar-refractivity contribution in [2.75, 3.05) is 6.79 Å². The smallest absolute Gasteiger partial charge is 0.473 e. The molecule has 0 saturated heterocycles. The maximum atomic E-state index is 8.96. The van der Waals surface area contributed by atoms with E-state index in [2.05, 4.69) is 4.98 Å². The minimum absolute atomic E-state index is 0.242. The van der Waals surface area contributed by atoms with Crippen molar-refractivity contribution >= 4 is 12.6 Å². The highest BCUT2D eigenvalue weighted by Gasteiger charge is 2.14. The molecular weight excluding hydrogens is 261 g/mol. The highest BCUT2D eigenvalue weighted by Crippen LogP contribution is 2.32. The Balaban J connectivity index is 1.64. The van der Waals surface area contributed by atoms with E-state index in [0.717, 1.165) is 11.3 Å². The lowest BCUT2D eigenvalue weighted by Gasteiger charge is -2.07. The molecular formula is C13H12BNO5. The number of aromatic nitrogens is 1. The standard InChI is InChI=1S/C13H12BNO5/c16-14(17)10-2-4-13(15-6-10)18-7-9-1-3-11-12(5-9)20-8-19-11/h1-6,16-17H,7-8H2. The zero-order valence-electron chi connectivity index (χ0n) is 10.5. The SMILES string of the molecule is OB(O)c1ccc(OCc2ccc3c(c2)OCO3)nc1. The molecule has 2 N–H and O–H groups in total. The monoisotopic (exact) mass is 273 g/mol. The number of pyridine rings is 1. The second-order valence-corrected chi connectivity index (χ2v) is 4.28. The molecule has 0 spiro atoms. The van der Waals surface area contributed by atoms with Crippen LogP contribution in [0.15, 0.2) is 36.5 Å². The molecule has 0 fully saturated rings. The molecule has 102 valence electrons. The first-order valence-electron chi connectivity index (χ1n) is 6.06. The van der Waals surface area contributed by atoms with Crippen molar-refractivity contribution < 1.29 is 24.3 Å². The van der Waals surface area contributed by atoms with Crippen LogP contribution in [0.1, 0.15) is 5.56 Å². The van der Waals surface area contributed by atoms with E-state index in [1.165, 1.54) is 6.20 Å². The second kappa shape index (κ2) is 5.40. The summed E-state index contributed by atoms with van der Waals surface area (Å²) in [6, 6.07) is 8.71. The van der Waals surface area contributed by atoms with E-state index >= 15 is 0 Å². The predicted octanol–water partition coefficient (Wildman–Crippen LogP) is 0.0691. The van der Waals surface area contributed by atoms with Gasteiger partial charge in [-0.15, -0.1) is 0 Å². The summed E-state index contributed by atoms with van der Waals surface area (Å²) in [5, 5.41) is 17.9. The molecule has 6 nitrogen and oxygen atoms in total. The summed E-state index contributed by atoms with van der Waals surface area (Å²) in [5.74, 6) is 1.85. The molecule has 0 unspecified atom stereocenters. The Morgan fingerprint density at radius 3 is 2.75 bits per heavy atom. The molecule has 1 aromatic carbocycles. The van der Waals surface area contributed by atoms with Gasteiger partial charge in [-0.05, 0) is 23.8 Å². The number of hydrogen-bond acceptors (Lipinski definition) is 6. The molecule has 0 atom stereocenters. The van der Waals surface area contributed by atoms with Gasteiger partial charge in [-0.2, -0.15) is 0 Å². The van der Waals surface area contributed by atoms with Crippen molar-refractivity contribution in [2.45, 2.75) is 6.61 Å². The van der Waals surface area contributed by atoms with E-state index in [-0.39, 0.29) is 6.79 Å².